The summed E-state index contributed by atoms with van der Waals surface area (Å²) in [6.45, 7) is 3.67. The van der Waals surface area contributed by atoms with Gasteiger partial charge in [-0.3, -0.25) is 14.1 Å². The Morgan fingerprint density at radius 1 is 0.510 bits per heavy atom. The van der Waals surface area contributed by atoms with Crippen molar-refractivity contribution in [2.75, 3.05) is 13.2 Å². The molecule has 1 unspecified atom stereocenters. The summed E-state index contributed by atoms with van der Waals surface area (Å²) in [5.41, 5.74) is 0. The molecule has 0 radical (unpaired) electrons. The zero-order chi connectivity index (χ0) is 37.5. The first-order valence-corrected chi connectivity index (χ1v) is 22.7. The number of phosphoric ester groups is 1. The van der Waals surface area contributed by atoms with Crippen LogP contribution in [0, 0.1) is 0 Å². The molecule has 0 fully saturated rings. The Kier molecular flexibility index (Phi) is 37.2. The summed E-state index contributed by atoms with van der Waals surface area (Å²) in [5, 5.41) is 0. The van der Waals surface area contributed by atoms with Crippen LogP contribution >= 0.6 is 7.82 Å². The van der Waals surface area contributed by atoms with E-state index in [4.69, 9.17) is 19.3 Å². The predicted molar refractivity (Wildman–Crippen MR) is 212 cm³/mol. The first kappa shape index (κ1) is 49.5. The van der Waals surface area contributed by atoms with Crippen molar-refractivity contribution in [3.8, 4) is 0 Å². The predicted octanol–water partition coefficient (Wildman–Crippen LogP) is 12.8. The number of unbranched alkanes of at least 4 members (excludes halogenated alkanes) is 25. The third-order valence-corrected chi connectivity index (χ3v) is 9.71. The molecule has 0 aliphatic rings. The molecule has 51 heavy (non-hydrogen) atoms. The summed E-state index contributed by atoms with van der Waals surface area (Å²) in [4.78, 5) is 42.8. The van der Waals surface area contributed by atoms with Gasteiger partial charge >= 0.3 is 19.8 Å². The fourth-order valence-corrected chi connectivity index (χ4v) is 6.41. The molecule has 0 aromatic rings. The zero-order valence-corrected chi connectivity index (χ0v) is 33.9. The number of phosphoric acid groups is 1. The largest absolute Gasteiger partial charge is 0.469 e. The molecule has 0 heterocycles. The van der Waals surface area contributed by atoms with Gasteiger partial charge < -0.3 is 19.3 Å². The van der Waals surface area contributed by atoms with Gasteiger partial charge in [0.15, 0.2) is 6.10 Å². The maximum Gasteiger partial charge on any atom is 0.469 e. The number of esters is 2. The van der Waals surface area contributed by atoms with Crippen LogP contribution in [0.3, 0.4) is 0 Å². The smallest absolute Gasteiger partial charge is 0.462 e. The van der Waals surface area contributed by atoms with E-state index < -0.39 is 32.5 Å². The minimum atomic E-state index is -4.75. The zero-order valence-electron chi connectivity index (χ0n) is 33.0. The van der Waals surface area contributed by atoms with Gasteiger partial charge in [0.25, 0.3) is 0 Å². The number of hydrogen-bond donors (Lipinski definition) is 2. The first-order valence-electron chi connectivity index (χ1n) is 21.1. The quantitative estimate of drug-likeness (QED) is 0.0276. The van der Waals surface area contributed by atoms with Crippen LogP contribution in [0.2, 0.25) is 0 Å². The Morgan fingerprint density at radius 3 is 1.33 bits per heavy atom. The monoisotopic (exact) mass is 743 g/mol. The summed E-state index contributed by atoms with van der Waals surface area (Å²) in [7, 11) is -4.75. The van der Waals surface area contributed by atoms with Crippen LogP contribution in [-0.2, 0) is 28.2 Å². The van der Waals surface area contributed by atoms with E-state index in [1.54, 1.807) is 0 Å². The standard InChI is InChI=1S/C42H79O8P/c1-3-5-7-9-11-13-15-17-19-20-21-22-23-25-27-29-31-33-35-37-42(44)50-40(39-49-51(45,46)47)38-48-41(43)36-34-32-30-28-26-24-18-16-14-12-10-8-6-4-2/h11,13,17,19,40H,3-10,12,14-16,18,20-39H2,1-2H3,(H2,45,46,47)/b13-11-,19-17-. The van der Waals surface area contributed by atoms with E-state index in [1.165, 1.54) is 128 Å². The van der Waals surface area contributed by atoms with E-state index in [1.807, 2.05) is 0 Å². The van der Waals surface area contributed by atoms with E-state index in [0.717, 1.165) is 51.4 Å². The molecule has 1 atom stereocenters. The van der Waals surface area contributed by atoms with Crippen molar-refractivity contribution >= 4 is 19.8 Å². The second kappa shape index (κ2) is 38.3. The molecule has 0 aromatic heterocycles. The molecule has 0 aliphatic carbocycles. The number of carbonyl (C=O) groups is 2. The molecule has 2 N–H and O–H groups in total. The lowest BCUT2D eigenvalue weighted by molar-refractivity contribution is -0.161. The van der Waals surface area contributed by atoms with Gasteiger partial charge in [-0.05, 0) is 44.9 Å². The number of carbonyl (C=O) groups excluding carboxylic acids is 2. The van der Waals surface area contributed by atoms with Crippen molar-refractivity contribution in [3.63, 3.8) is 0 Å². The molecular weight excluding hydrogens is 663 g/mol. The van der Waals surface area contributed by atoms with Crippen LogP contribution in [-0.4, -0.2) is 41.0 Å². The average molecular weight is 743 g/mol. The lowest BCUT2D eigenvalue weighted by atomic mass is 10.0. The van der Waals surface area contributed by atoms with E-state index in [-0.39, 0.29) is 19.4 Å². The third-order valence-electron chi connectivity index (χ3n) is 9.22. The summed E-state index contributed by atoms with van der Waals surface area (Å²) in [6.07, 6.45) is 43.2. The van der Waals surface area contributed by atoms with Crippen molar-refractivity contribution in [3.05, 3.63) is 24.3 Å². The molecule has 0 bridgehead atoms. The molecule has 0 spiro atoms. The fourth-order valence-electron chi connectivity index (χ4n) is 6.05. The van der Waals surface area contributed by atoms with E-state index in [2.05, 4.69) is 42.7 Å². The first-order chi connectivity index (χ1) is 24.8. The number of rotatable bonds is 39. The SMILES string of the molecule is CCCCC/C=C\C/C=C\CCCCCCCCCCCC(=O)OC(COC(=O)CCCCCCCCCCCCCCCC)COP(=O)(O)O. The van der Waals surface area contributed by atoms with Gasteiger partial charge in [-0.15, -0.1) is 0 Å². The molecule has 0 saturated heterocycles. The van der Waals surface area contributed by atoms with Gasteiger partial charge in [0.1, 0.15) is 6.61 Å². The van der Waals surface area contributed by atoms with Gasteiger partial charge in [-0.25, -0.2) is 4.57 Å². The maximum absolute atomic E-state index is 12.4. The number of ether oxygens (including phenoxy) is 2. The van der Waals surface area contributed by atoms with E-state index in [0.29, 0.717) is 6.42 Å². The molecular formula is C42H79O8P. The minimum Gasteiger partial charge on any atom is -0.462 e. The van der Waals surface area contributed by atoms with Crippen molar-refractivity contribution < 1.29 is 37.9 Å². The second-order valence-electron chi connectivity index (χ2n) is 14.3. The minimum absolute atomic E-state index is 0.210. The lowest BCUT2D eigenvalue weighted by Gasteiger charge is -2.18. The molecule has 0 saturated carbocycles. The maximum atomic E-state index is 12.4. The summed E-state index contributed by atoms with van der Waals surface area (Å²) in [6, 6.07) is 0. The van der Waals surface area contributed by atoms with Crippen molar-refractivity contribution in [1.82, 2.24) is 0 Å². The van der Waals surface area contributed by atoms with E-state index >= 15 is 0 Å². The molecule has 300 valence electrons. The highest BCUT2D eigenvalue weighted by Gasteiger charge is 2.22. The Balaban J connectivity index is 3.89. The summed E-state index contributed by atoms with van der Waals surface area (Å²) >= 11 is 0. The fraction of sp³-hybridized carbons (Fsp3) is 0.857. The Labute approximate surface area is 313 Å². The van der Waals surface area contributed by atoms with E-state index in [9.17, 15) is 14.2 Å². The van der Waals surface area contributed by atoms with Gasteiger partial charge in [-0.2, -0.15) is 0 Å². The average Bonchev–Trinajstić information content (AvgIpc) is 3.10. The van der Waals surface area contributed by atoms with Gasteiger partial charge in [0, 0.05) is 12.8 Å². The normalized spacial score (nSPS) is 12.6. The van der Waals surface area contributed by atoms with Crippen LogP contribution in [0.5, 0.6) is 0 Å². The Bertz CT molecular complexity index is 884. The van der Waals surface area contributed by atoms with Crippen molar-refractivity contribution in [2.24, 2.45) is 0 Å². The van der Waals surface area contributed by atoms with Gasteiger partial charge in [-0.1, -0.05) is 179 Å². The highest BCUT2D eigenvalue weighted by Crippen LogP contribution is 2.36. The topological polar surface area (TPSA) is 119 Å². The molecule has 9 heteroatoms. The number of hydrogen-bond acceptors (Lipinski definition) is 6. The molecule has 8 nitrogen and oxygen atoms in total. The molecule has 0 aromatic carbocycles. The summed E-state index contributed by atoms with van der Waals surface area (Å²) in [5.74, 6) is -0.881. The van der Waals surface area contributed by atoms with Crippen LogP contribution in [0.1, 0.15) is 213 Å². The Hall–Kier alpha value is -1.47. The van der Waals surface area contributed by atoms with Gasteiger partial charge in [0.2, 0.25) is 0 Å². The highest BCUT2D eigenvalue weighted by molar-refractivity contribution is 7.46. The number of allylic oxidation sites excluding steroid dienone is 4. The molecule has 0 aliphatic heterocycles. The Morgan fingerprint density at radius 2 is 0.882 bits per heavy atom. The van der Waals surface area contributed by atoms with Crippen LogP contribution in [0.25, 0.3) is 0 Å². The second-order valence-corrected chi connectivity index (χ2v) is 15.6. The van der Waals surface area contributed by atoms with Gasteiger partial charge in [0.05, 0.1) is 6.61 Å². The summed E-state index contributed by atoms with van der Waals surface area (Å²) < 4.78 is 26.4. The van der Waals surface area contributed by atoms with Crippen LogP contribution < -0.4 is 0 Å². The third kappa shape index (κ3) is 41.2. The molecule has 0 amide bonds. The van der Waals surface area contributed by atoms with Crippen LogP contribution in [0.4, 0.5) is 0 Å². The highest BCUT2D eigenvalue weighted by atomic mass is 31.2. The van der Waals surface area contributed by atoms with Crippen molar-refractivity contribution in [1.29, 1.82) is 0 Å². The van der Waals surface area contributed by atoms with Crippen molar-refractivity contribution in [2.45, 2.75) is 219 Å². The molecule has 0 rings (SSSR count). The van der Waals surface area contributed by atoms with Crippen LogP contribution in [0.15, 0.2) is 24.3 Å². The lowest BCUT2D eigenvalue weighted by Crippen LogP contribution is -2.29.